The molecule has 0 saturated heterocycles. The molecular weight excluding hydrogens is 212 g/mol. The maximum Gasteiger partial charge on any atom is 0.339 e. The molecule has 2 aromatic rings. The van der Waals surface area contributed by atoms with E-state index in [9.17, 15) is 4.79 Å². The van der Waals surface area contributed by atoms with Gasteiger partial charge in [0.05, 0.1) is 14.2 Å². The molecule has 0 radical (unpaired) electrons. The van der Waals surface area contributed by atoms with Crippen LogP contribution in [0.4, 0.5) is 0 Å². The first-order valence-electron chi connectivity index (χ1n) is 4.54. The number of fused-ring (bicyclic) bond motifs is 1. The van der Waals surface area contributed by atoms with Gasteiger partial charge in [-0.1, -0.05) is 0 Å². The van der Waals surface area contributed by atoms with E-state index < -0.39 is 5.97 Å². The summed E-state index contributed by atoms with van der Waals surface area (Å²) in [6.07, 6.45) is 1.20. The fourth-order valence-electron chi connectivity index (χ4n) is 1.52. The molecule has 0 aliphatic carbocycles. The smallest absolute Gasteiger partial charge is 0.339 e. The average molecular weight is 222 g/mol. The molecule has 0 fully saturated rings. The van der Waals surface area contributed by atoms with E-state index in [1.165, 1.54) is 20.5 Å². The lowest BCUT2D eigenvalue weighted by atomic mass is 10.1. The number of rotatable bonds is 3. The quantitative estimate of drug-likeness (QED) is 0.861. The molecule has 0 spiro atoms. The minimum atomic E-state index is -1.04. The van der Waals surface area contributed by atoms with Crippen LogP contribution in [0.1, 0.15) is 10.4 Å². The first-order valence-corrected chi connectivity index (χ1v) is 4.54. The normalized spacial score (nSPS) is 10.4. The van der Waals surface area contributed by atoms with Gasteiger partial charge in [0, 0.05) is 11.5 Å². The Bertz CT molecular complexity index is 541. The SMILES string of the molecule is COc1cc2occ(C(=O)O)c2cc1OC. The van der Waals surface area contributed by atoms with Gasteiger partial charge in [0.15, 0.2) is 11.5 Å². The Balaban J connectivity index is 2.71. The summed E-state index contributed by atoms with van der Waals surface area (Å²) in [5.74, 6) is -0.0637. The predicted molar refractivity (Wildman–Crippen MR) is 56.3 cm³/mol. The molecule has 1 aromatic carbocycles. The minimum absolute atomic E-state index is 0.107. The number of hydrogen-bond donors (Lipinski definition) is 1. The largest absolute Gasteiger partial charge is 0.493 e. The molecule has 0 unspecified atom stereocenters. The van der Waals surface area contributed by atoms with Gasteiger partial charge in [-0.25, -0.2) is 4.79 Å². The summed E-state index contributed by atoms with van der Waals surface area (Å²) in [5.41, 5.74) is 0.561. The number of carboxylic acids is 1. The highest BCUT2D eigenvalue weighted by Gasteiger charge is 2.16. The van der Waals surface area contributed by atoms with Gasteiger partial charge in [-0.3, -0.25) is 0 Å². The van der Waals surface area contributed by atoms with Gasteiger partial charge in [0.2, 0.25) is 0 Å². The molecule has 16 heavy (non-hydrogen) atoms. The van der Waals surface area contributed by atoms with Gasteiger partial charge in [0.25, 0.3) is 0 Å². The van der Waals surface area contributed by atoms with Crippen molar-refractivity contribution in [2.75, 3.05) is 14.2 Å². The van der Waals surface area contributed by atoms with Crippen LogP contribution in [-0.4, -0.2) is 25.3 Å². The molecule has 5 heteroatoms. The highest BCUT2D eigenvalue weighted by atomic mass is 16.5. The summed E-state index contributed by atoms with van der Waals surface area (Å²) in [4.78, 5) is 10.9. The number of ether oxygens (including phenoxy) is 2. The monoisotopic (exact) mass is 222 g/mol. The van der Waals surface area contributed by atoms with Crippen molar-refractivity contribution in [1.29, 1.82) is 0 Å². The number of methoxy groups -OCH3 is 2. The fourth-order valence-corrected chi connectivity index (χ4v) is 1.52. The number of hydrogen-bond acceptors (Lipinski definition) is 4. The maximum absolute atomic E-state index is 10.9. The Kier molecular flexibility index (Phi) is 2.44. The molecule has 0 amide bonds. The van der Waals surface area contributed by atoms with Crippen molar-refractivity contribution in [3.63, 3.8) is 0 Å². The molecule has 0 saturated carbocycles. The lowest BCUT2D eigenvalue weighted by molar-refractivity contribution is 0.0698. The molecular formula is C11H10O5. The van der Waals surface area contributed by atoms with Crippen LogP contribution in [0.3, 0.4) is 0 Å². The lowest BCUT2D eigenvalue weighted by Crippen LogP contribution is -1.95. The lowest BCUT2D eigenvalue weighted by Gasteiger charge is -2.06. The summed E-state index contributed by atoms with van der Waals surface area (Å²) >= 11 is 0. The van der Waals surface area contributed by atoms with E-state index in [4.69, 9.17) is 19.0 Å². The van der Waals surface area contributed by atoms with Gasteiger partial charge in [0.1, 0.15) is 17.4 Å². The van der Waals surface area contributed by atoms with E-state index in [1.807, 2.05) is 0 Å². The Labute approximate surface area is 91.2 Å². The van der Waals surface area contributed by atoms with E-state index in [0.717, 1.165) is 0 Å². The van der Waals surface area contributed by atoms with Crippen LogP contribution in [0.25, 0.3) is 11.0 Å². The molecule has 1 N–H and O–H groups in total. The van der Waals surface area contributed by atoms with Crippen molar-refractivity contribution >= 4 is 16.9 Å². The Morgan fingerprint density at radius 1 is 1.25 bits per heavy atom. The molecule has 0 atom stereocenters. The van der Waals surface area contributed by atoms with E-state index in [1.54, 1.807) is 12.1 Å². The van der Waals surface area contributed by atoms with Crippen LogP contribution in [0, 0.1) is 0 Å². The molecule has 0 aliphatic heterocycles. The van der Waals surface area contributed by atoms with Crippen molar-refractivity contribution in [1.82, 2.24) is 0 Å². The summed E-state index contributed by atoms with van der Waals surface area (Å²) in [7, 11) is 2.99. The topological polar surface area (TPSA) is 68.9 Å². The Morgan fingerprint density at radius 3 is 2.44 bits per heavy atom. The molecule has 84 valence electrons. The van der Waals surface area contributed by atoms with Gasteiger partial charge in [-0.2, -0.15) is 0 Å². The Hall–Kier alpha value is -2.17. The minimum Gasteiger partial charge on any atom is -0.493 e. The summed E-state index contributed by atoms with van der Waals surface area (Å²) in [6.45, 7) is 0. The summed E-state index contributed by atoms with van der Waals surface area (Å²) < 4.78 is 15.3. The first-order chi connectivity index (χ1) is 7.67. The van der Waals surface area contributed by atoms with Crippen molar-refractivity contribution in [2.24, 2.45) is 0 Å². The predicted octanol–water partition coefficient (Wildman–Crippen LogP) is 2.15. The van der Waals surface area contributed by atoms with Gasteiger partial charge >= 0.3 is 5.97 Å². The highest BCUT2D eigenvalue weighted by Crippen LogP contribution is 2.34. The zero-order chi connectivity index (χ0) is 11.7. The molecule has 0 bridgehead atoms. The number of benzene rings is 1. The van der Waals surface area contributed by atoms with Crippen molar-refractivity contribution in [2.45, 2.75) is 0 Å². The van der Waals surface area contributed by atoms with Crippen LogP contribution in [0.15, 0.2) is 22.8 Å². The standard InChI is InChI=1S/C11H10O5/c1-14-9-3-6-7(11(12)13)5-16-8(6)4-10(9)15-2/h3-5H,1-2H3,(H,12,13). The van der Waals surface area contributed by atoms with E-state index in [-0.39, 0.29) is 5.56 Å². The average Bonchev–Trinajstić information content (AvgIpc) is 2.69. The molecule has 1 heterocycles. The number of furan rings is 1. The molecule has 1 aromatic heterocycles. The van der Waals surface area contributed by atoms with E-state index in [0.29, 0.717) is 22.5 Å². The Morgan fingerprint density at radius 2 is 1.88 bits per heavy atom. The van der Waals surface area contributed by atoms with Crippen LogP contribution in [0.5, 0.6) is 11.5 Å². The maximum atomic E-state index is 10.9. The van der Waals surface area contributed by atoms with Crippen LogP contribution >= 0.6 is 0 Å². The van der Waals surface area contributed by atoms with Gasteiger partial charge < -0.3 is 19.0 Å². The van der Waals surface area contributed by atoms with Gasteiger partial charge in [-0.05, 0) is 6.07 Å². The van der Waals surface area contributed by atoms with Crippen LogP contribution in [-0.2, 0) is 0 Å². The van der Waals surface area contributed by atoms with Crippen molar-refractivity contribution < 1.29 is 23.8 Å². The van der Waals surface area contributed by atoms with Crippen molar-refractivity contribution in [3.05, 3.63) is 24.0 Å². The van der Waals surface area contributed by atoms with E-state index in [2.05, 4.69) is 0 Å². The van der Waals surface area contributed by atoms with Gasteiger partial charge in [-0.15, -0.1) is 0 Å². The van der Waals surface area contributed by atoms with E-state index >= 15 is 0 Å². The first kappa shape index (κ1) is 10.4. The highest BCUT2D eigenvalue weighted by molar-refractivity contribution is 6.03. The zero-order valence-corrected chi connectivity index (χ0v) is 8.81. The third kappa shape index (κ3) is 1.46. The number of carboxylic acid groups (broad SMARTS) is 1. The van der Waals surface area contributed by atoms with Crippen LogP contribution in [0.2, 0.25) is 0 Å². The van der Waals surface area contributed by atoms with Crippen molar-refractivity contribution in [3.8, 4) is 11.5 Å². The summed E-state index contributed by atoms with van der Waals surface area (Å²) in [5, 5.41) is 9.42. The molecule has 5 nitrogen and oxygen atoms in total. The second-order valence-electron chi connectivity index (χ2n) is 3.16. The van der Waals surface area contributed by atoms with Crippen LogP contribution < -0.4 is 9.47 Å². The number of aromatic carboxylic acids is 1. The second-order valence-corrected chi connectivity index (χ2v) is 3.16. The molecule has 0 aliphatic rings. The zero-order valence-electron chi connectivity index (χ0n) is 8.81. The second kappa shape index (κ2) is 3.77. The third-order valence-corrected chi connectivity index (χ3v) is 2.31. The third-order valence-electron chi connectivity index (χ3n) is 2.31. The number of carbonyl (C=O) groups is 1. The fraction of sp³-hybridized carbons (Fsp3) is 0.182. The summed E-state index contributed by atoms with van der Waals surface area (Å²) in [6, 6.07) is 3.18. The molecule has 2 rings (SSSR count).